The molecule has 0 aliphatic rings. The Kier molecular flexibility index (Phi) is 4.45. The van der Waals surface area contributed by atoms with E-state index >= 15 is 0 Å². The highest BCUT2D eigenvalue weighted by atomic mass is 79.9. The lowest BCUT2D eigenvalue weighted by atomic mass is 9.98. The molecule has 0 unspecified atom stereocenters. The smallest absolute Gasteiger partial charge is 0.193 e. The largest absolute Gasteiger partial charge is 0.493 e. The monoisotopic (exact) mass is 334 g/mol. The number of ether oxygens (including phenoxy) is 2. The van der Waals surface area contributed by atoms with Crippen molar-refractivity contribution in [3.05, 3.63) is 57.6 Å². The Morgan fingerprint density at radius 1 is 1.05 bits per heavy atom. The molecule has 0 bridgehead atoms. The molecule has 2 rings (SSSR count). The SMILES string of the molecule is COc1cc(C)c(C(=O)c2cccc(Br)c2)cc1OC. The number of carbonyl (C=O) groups excluding carboxylic acids is 1. The summed E-state index contributed by atoms with van der Waals surface area (Å²) in [5, 5.41) is 0. The molecule has 2 aromatic carbocycles. The molecule has 0 aliphatic heterocycles. The van der Waals surface area contributed by atoms with Crippen molar-refractivity contribution >= 4 is 21.7 Å². The van der Waals surface area contributed by atoms with E-state index in [1.807, 2.05) is 25.1 Å². The van der Waals surface area contributed by atoms with Gasteiger partial charge in [-0.15, -0.1) is 0 Å². The Hall–Kier alpha value is -1.81. The van der Waals surface area contributed by atoms with Crippen molar-refractivity contribution in [2.24, 2.45) is 0 Å². The van der Waals surface area contributed by atoms with Gasteiger partial charge in [-0.2, -0.15) is 0 Å². The van der Waals surface area contributed by atoms with Crippen LogP contribution in [0.4, 0.5) is 0 Å². The van der Waals surface area contributed by atoms with Gasteiger partial charge in [-0.3, -0.25) is 4.79 Å². The summed E-state index contributed by atoms with van der Waals surface area (Å²) in [5.74, 6) is 1.14. The summed E-state index contributed by atoms with van der Waals surface area (Å²) in [5.41, 5.74) is 2.10. The predicted octanol–water partition coefficient (Wildman–Crippen LogP) is 4.01. The first-order chi connectivity index (χ1) is 9.56. The van der Waals surface area contributed by atoms with E-state index < -0.39 is 0 Å². The molecule has 4 heteroatoms. The molecule has 20 heavy (non-hydrogen) atoms. The molecule has 0 amide bonds. The second-order valence-electron chi connectivity index (χ2n) is 4.36. The fourth-order valence-corrected chi connectivity index (χ4v) is 2.41. The molecule has 0 radical (unpaired) electrons. The van der Waals surface area contributed by atoms with E-state index in [1.165, 1.54) is 0 Å². The van der Waals surface area contributed by atoms with Crippen LogP contribution < -0.4 is 9.47 Å². The van der Waals surface area contributed by atoms with Gasteiger partial charge in [0.25, 0.3) is 0 Å². The van der Waals surface area contributed by atoms with Crippen LogP contribution in [-0.4, -0.2) is 20.0 Å². The van der Waals surface area contributed by atoms with E-state index in [4.69, 9.17) is 9.47 Å². The third-order valence-electron chi connectivity index (χ3n) is 3.06. The summed E-state index contributed by atoms with van der Waals surface area (Å²) in [6, 6.07) is 10.9. The van der Waals surface area contributed by atoms with Crippen molar-refractivity contribution in [3.8, 4) is 11.5 Å². The van der Waals surface area contributed by atoms with E-state index in [9.17, 15) is 4.79 Å². The number of hydrogen-bond donors (Lipinski definition) is 0. The van der Waals surface area contributed by atoms with Crippen molar-refractivity contribution in [1.82, 2.24) is 0 Å². The molecule has 0 heterocycles. The average Bonchev–Trinajstić information content (AvgIpc) is 2.46. The number of hydrogen-bond acceptors (Lipinski definition) is 3. The van der Waals surface area contributed by atoms with Gasteiger partial charge in [-0.25, -0.2) is 0 Å². The van der Waals surface area contributed by atoms with Crippen molar-refractivity contribution in [1.29, 1.82) is 0 Å². The summed E-state index contributed by atoms with van der Waals surface area (Å²) in [6.07, 6.45) is 0. The Bertz CT molecular complexity index is 650. The van der Waals surface area contributed by atoms with Crippen LogP contribution in [0.25, 0.3) is 0 Å². The fraction of sp³-hybridized carbons (Fsp3) is 0.188. The first-order valence-electron chi connectivity index (χ1n) is 6.09. The van der Waals surface area contributed by atoms with E-state index in [0.717, 1.165) is 10.0 Å². The molecular formula is C16H15BrO3. The summed E-state index contributed by atoms with van der Waals surface area (Å²) < 4.78 is 11.4. The molecule has 0 N–H and O–H groups in total. The first kappa shape index (κ1) is 14.6. The molecule has 104 valence electrons. The molecule has 2 aromatic rings. The maximum absolute atomic E-state index is 12.6. The summed E-state index contributed by atoms with van der Waals surface area (Å²) in [7, 11) is 3.13. The molecule has 0 saturated carbocycles. The van der Waals surface area contributed by atoms with Gasteiger partial charge < -0.3 is 9.47 Å². The maximum atomic E-state index is 12.6. The number of benzene rings is 2. The van der Waals surface area contributed by atoms with Crippen molar-refractivity contribution in [2.75, 3.05) is 14.2 Å². The molecule has 0 saturated heterocycles. The normalized spacial score (nSPS) is 10.2. The van der Waals surface area contributed by atoms with Crippen LogP contribution in [0.15, 0.2) is 40.9 Å². The quantitative estimate of drug-likeness (QED) is 0.792. The Balaban J connectivity index is 2.49. The van der Waals surface area contributed by atoms with Crippen molar-refractivity contribution in [2.45, 2.75) is 6.92 Å². The van der Waals surface area contributed by atoms with Gasteiger partial charge in [-0.1, -0.05) is 28.1 Å². The summed E-state index contributed by atoms with van der Waals surface area (Å²) in [6.45, 7) is 1.88. The van der Waals surface area contributed by atoms with Crippen molar-refractivity contribution in [3.63, 3.8) is 0 Å². The van der Waals surface area contributed by atoms with Gasteiger partial charge in [0.15, 0.2) is 17.3 Å². The highest BCUT2D eigenvalue weighted by Crippen LogP contribution is 2.31. The Labute approximate surface area is 126 Å². The Morgan fingerprint density at radius 2 is 1.70 bits per heavy atom. The van der Waals surface area contributed by atoms with Crippen LogP contribution in [0, 0.1) is 6.92 Å². The van der Waals surface area contributed by atoms with Crippen molar-refractivity contribution < 1.29 is 14.3 Å². The maximum Gasteiger partial charge on any atom is 0.193 e. The zero-order valence-corrected chi connectivity index (χ0v) is 13.2. The highest BCUT2D eigenvalue weighted by Gasteiger charge is 2.16. The predicted molar refractivity (Wildman–Crippen MR) is 81.9 cm³/mol. The minimum atomic E-state index is -0.0373. The summed E-state index contributed by atoms with van der Waals surface area (Å²) >= 11 is 3.38. The van der Waals surface area contributed by atoms with E-state index in [1.54, 1.807) is 32.4 Å². The second kappa shape index (κ2) is 6.09. The van der Waals surface area contributed by atoms with Crippen LogP contribution in [-0.2, 0) is 0 Å². The average molecular weight is 335 g/mol. The zero-order valence-electron chi connectivity index (χ0n) is 11.6. The second-order valence-corrected chi connectivity index (χ2v) is 5.28. The van der Waals surface area contributed by atoms with Gasteiger partial charge in [0.1, 0.15) is 0 Å². The standard InChI is InChI=1S/C16H15BrO3/c1-10-7-14(19-2)15(20-3)9-13(10)16(18)11-5-4-6-12(17)8-11/h4-9H,1-3H3. The first-order valence-corrected chi connectivity index (χ1v) is 6.89. The molecule has 3 nitrogen and oxygen atoms in total. The molecule has 0 atom stereocenters. The van der Waals surface area contributed by atoms with Crippen LogP contribution in [0.5, 0.6) is 11.5 Å². The molecule has 0 fully saturated rings. The van der Waals surface area contributed by atoms with Gasteiger partial charge in [0.2, 0.25) is 0 Å². The number of ketones is 1. The molecule has 0 aromatic heterocycles. The lowest BCUT2D eigenvalue weighted by Crippen LogP contribution is -2.05. The number of halogens is 1. The number of carbonyl (C=O) groups is 1. The number of rotatable bonds is 4. The third kappa shape index (κ3) is 2.85. The lowest BCUT2D eigenvalue weighted by molar-refractivity contribution is 0.103. The minimum Gasteiger partial charge on any atom is -0.493 e. The van der Waals surface area contributed by atoms with Gasteiger partial charge in [0.05, 0.1) is 14.2 Å². The molecule has 0 spiro atoms. The Morgan fingerprint density at radius 3 is 2.30 bits per heavy atom. The third-order valence-corrected chi connectivity index (χ3v) is 3.56. The van der Waals surface area contributed by atoms with Crippen LogP contribution in [0.3, 0.4) is 0 Å². The summed E-state index contributed by atoms with van der Waals surface area (Å²) in [4.78, 5) is 12.6. The van der Waals surface area contributed by atoms with E-state index in [2.05, 4.69) is 15.9 Å². The van der Waals surface area contributed by atoms with E-state index in [-0.39, 0.29) is 5.78 Å². The van der Waals surface area contributed by atoms with Gasteiger partial charge in [-0.05, 0) is 36.8 Å². The van der Waals surface area contributed by atoms with Crippen LogP contribution in [0.1, 0.15) is 21.5 Å². The molecule has 0 aliphatic carbocycles. The minimum absolute atomic E-state index is 0.0373. The zero-order chi connectivity index (χ0) is 14.7. The fourth-order valence-electron chi connectivity index (χ4n) is 2.01. The lowest BCUT2D eigenvalue weighted by Gasteiger charge is -2.12. The molecular weight excluding hydrogens is 320 g/mol. The van der Waals surface area contributed by atoms with Crippen LogP contribution in [0.2, 0.25) is 0 Å². The van der Waals surface area contributed by atoms with E-state index in [0.29, 0.717) is 22.6 Å². The van der Waals surface area contributed by atoms with Gasteiger partial charge >= 0.3 is 0 Å². The topological polar surface area (TPSA) is 35.5 Å². The number of aryl methyl sites for hydroxylation is 1. The van der Waals surface area contributed by atoms with Gasteiger partial charge in [0, 0.05) is 15.6 Å². The van der Waals surface area contributed by atoms with Crippen LogP contribution >= 0.6 is 15.9 Å². The number of methoxy groups -OCH3 is 2. The highest BCUT2D eigenvalue weighted by molar-refractivity contribution is 9.10.